The molecule has 1 heterocycles. The lowest BCUT2D eigenvalue weighted by molar-refractivity contribution is -0.114. The van der Waals surface area contributed by atoms with E-state index < -0.39 is 5.91 Å². The van der Waals surface area contributed by atoms with E-state index in [0.29, 0.717) is 11.4 Å². The highest BCUT2D eigenvalue weighted by Crippen LogP contribution is 2.15. The first-order valence-electron chi connectivity index (χ1n) is 6.08. The van der Waals surface area contributed by atoms with E-state index in [1.165, 1.54) is 19.3 Å². The summed E-state index contributed by atoms with van der Waals surface area (Å²) in [6.45, 7) is 1.42. The molecule has 2 aromatic rings. The minimum atomic E-state index is -0.435. The highest BCUT2D eigenvalue weighted by atomic mass is 32.1. The molecule has 0 aliphatic rings. The highest BCUT2D eigenvalue weighted by molar-refractivity contribution is 7.80. The average Bonchev–Trinajstić information content (AvgIpc) is 2.91. The Morgan fingerprint density at radius 1 is 1.10 bits per heavy atom. The Morgan fingerprint density at radius 3 is 2.43 bits per heavy atom. The third-order valence-electron chi connectivity index (χ3n) is 2.41. The number of carbonyl (C=O) groups excluding carboxylic acids is 2. The second kappa shape index (κ2) is 6.67. The van der Waals surface area contributed by atoms with E-state index in [1.807, 2.05) is 0 Å². The minimum absolute atomic E-state index is 0.136. The van der Waals surface area contributed by atoms with Crippen LogP contribution in [0.2, 0.25) is 0 Å². The molecular formula is C14H13N3O3S. The van der Waals surface area contributed by atoms with Crippen LogP contribution >= 0.6 is 12.2 Å². The van der Waals surface area contributed by atoms with E-state index in [1.54, 1.807) is 30.3 Å². The summed E-state index contributed by atoms with van der Waals surface area (Å²) >= 11 is 5.05. The van der Waals surface area contributed by atoms with Gasteiger partial charge in [-0.1, -0.05) is 6.07 Å². The number of hydrogen-bond acceptors (Lipinski definition) is 4. The van der Waals surface area contributed by atoms with Gasteiger partial charge >= 0.3 is 0 Å². The van der Waals surface area contributed by atoms with Gasteiger partial charge in [-0.3, -0.25) is 14.9 Å². The second-order valence-electron chi connectivity index (χ2n) is 4.15. The summed E-state index contributed by atoms with van der Waals surface area (Å²) in [7, 11) is 0. The fraction of sp³-hybridized carbons (Fsp3) is 0.0714. The first kappa shape index (κ1) is 14.7. The number of rotatable bonds is 3. The van der Waals surface area contributed by atoms with Crippen LogP contribution in [-0.4, -0.2) is 16.9 Å². The van der Waals surface area contributed by atoms with Crippen LogP contribution in [0.4, 0.5) is 11.4 Å². The first-order chi connectivity index (χ1) is 10.0. The van der Waals surface area contributed by atoms with Gasteiger partial charge in [-0.05, 0) is 42.5 Å². The van der Waals surface area contributed by atoms with Gasteiger partial charge in [0, 0.05) is 18.3 Å². The smallest absolute Gasteiger partial charge is 0.293 e. The number of thiocarbonyl (C=S) groups is 1. The van der Waals surface area contributed by atoms with Crippen LogP contribution in [0.1, 0.15) is 17.5 Å². The summed E-state index contributed by atoms with van der Waals surface area (Å²) < 4.78 is 4.96. The molecule has 108 valence electrons. The SMILES string of the molecule is CC(=O)Nc1cccc(NC(=S)NC(=O)c2ccco2)c1. The molecule has 7 heteroatoms. The Hall–Kier alpha value is -2.67. The Labute approximate surface area is 126 Å². The number of furan rings is 1. The zero-order valence-corrected chi connectivity index (χ0v) is 12.0. The van der Waals surface area contributed by atoms with Crippen molar-refractivity contribution in [3.63, 3.8) is 0 Å². The molecule has 0 unspecified atom stereocenters. The Morgan fingerprint density at radius 2 is 1.81 bits per heavy atom. The van der Waals surface area contributed by atoms with Crippen molar-refractivity contribution in [3.05, 3.63) is 48.4 Å². The molecule has 0 atom stereocenters. The molecule has 6 nitrogen and oxygen atoms in total. The summed E-state index contributed by atoms with van der Waals surface area (Å²) in [4.78, 5) is 22.7. The molecular weight excluding hydrogens is 290 g/mol. The van der Waals surface area contributed by atoms with Gasteiger partial charge in [0.2, 0.25) is 5.91 Å². The van der Waals surface area contributed by atoms with Crippen molar-refractivity contribution in [2.45, 2.75) is 6.92 Å². The summed E-state index contributed by atoms with van der Waals surface area (Å²) in [6, 6.07) is 10.1. The summed E-state index contributed by atoms with van der Waals surface area (Å²) in [5.41, 5.74) is 1.28. The van der Waals surface area contributed by atoms with Crippen molar-refractivity contribution in [2.75, 3.05) is 10.6 Å². The molecule has 1 aromatic carbocycles. The van der Waals surface area contributed by atoms with Gasteiger partial charge in [0.25, 0.3) is 5.91 Å². The molecule has 0 aliphatic heterocycles. The quantitative estimate of drug-likeness (QED) is 0.758. The van der Waals surface area contributed by atoms with Crippen LogP contribution in [0.3, 0.4) is 0 Å². The summed E-state index contributed by atoms with van der Waals surface area (Å²) in [6.07, 6.45) is 1.41. The molecule has 0 radical (unpaired) electrons. The van der Waals surface area contributed by atoms with Gasteiger partial charge < -0.3 is 15.1 Å². The van der Waals surface area contributed by atoms with Crippen molar-refractivity contribution >= 4 is 40.5 Å². The number of hydrogen-bond donors (Lipinski definition) is 3. The predicted molar refractivity (Wildman–Crippen MR) is 83.1 cm³/mol. The number of benzene rings is 1. The Kier molecular flexibility index (Phi) is 4.68. The summed E-state index contributed by atoms with van der Waals surface area (Å²) in [5, 5.41) is 8.14. The lowest BCUT2D eigenvalue weighted by Gasteiger charge is -2.10. The van der Waals surface area contributed by atoms with Gasteiger partial charge in [-0.2, -0.15) is 0 Å². The molecule has 3 N–H and O–H groups in total. The van der Waals surface area contributed by atoms with Gasteiger partial charge in [0.1, 0.15) is 0 Å². The Balaban J connectivity index is 1.96. The maximum atomic E-state index is 11.7. The average molecular weight is 303 g/mol. The molecule has 0 fully saturated rings. The summed E-state index contributed by atoms with van der Waals surface area (Å²) in [5.74, 6) is -0.428. The fourth-order valence-electron chi connectivity index (χ4n) is 1.61. The van der Waals surface area contributed by atoms with Crippen molar-refractivity contribution in [2.24, 2.45) is 0 Å². The maximum absolute atomic E-state index is 11.7. The standard InChI is InChI=1S/C14H13N3O3S/c1-9(18)15-10-4-2-5-11(8-10)16-14(21)17-13(19)12-6-3-7-20-12/h2-8H,1H3,(H,15,18)(H2,16,17,19,21). The molecule has 0 spiro atoms. The van der Waals surface area contributed by atoms with Crippen LogP contribution in [-0.2, 0) is 4.79 Å². The molecule has 0 saturated carbocycles. The molecule has 0 aliphatic carbocycles. The molecule has 1 aromatic heterocycles. The maximum Gasteiger partial charge on any atom is 0.293 e. The zero-order valence-electron chi connectivity index (χ0n) is 11.2. The monoisotopic (exact) mass is 303 g/mol. The van der Waals surface area contributed by atoms with Gasteiger partial charge in [0.15, 0.2) is 10.9 Å². The van der Waals surface area contributed by atoms with Crippen LogP contribution in [0.25, 0.3) is 0 Å². The van der Waals surface area contributed by atoms with Gasteiger partial charge in [-0.25, -0.2) is 0 Å². The number of nitrogens with one attached hydrogen (secondary N) is 3. The van der Waals surface area contributed by atoms with Gasteiger partial charge in [-0.15, -0.1) is 0 Å². The highest BCUT2D eigenvalue weighted by Gasteiger charge is 2.10. The van der Waals surface area contributed by atoms with Crippen LogP contribution in [0.5, 0.6) is 0 Å². The number of carbonyl (C=O) groups is 2. The van der Waals surface area contributed by atoms with E-state index >= 15 is 0 Å². The van der Waals surface area contributed by atoms with Crippen LogP contribution in [0.15, 0.2) is 47.1 Å². The van der Waals surface area contributed by atoms with Gasteiger partial charge in [0.05, 0.1) is 6.26 Å². The second-order valence-corrected chi connectivity index (χ2v) is 4.56. The van der Waals surface area contributed by atoms with Crippen molar-refractivity contribution < 1.29 is 14.0 Å². The molecule has 0 bridgehead atoms. The van der Waals surface area contributed by atoms with Crippen LogP contribution in [0, 0.1) is 0 Å². The molecule has 0 saturated heterocycles. The molecule has 2 amide bonds. The largest absolute Gasteiger partial charge is 0.459 e. The zero-order chi connectivity index (χ0) is 15.2. The fourth-order valence-corrected chi connectivity index (χ4v) is 1.82. The van der Waals surface area contributed by atoms with Crippen molar-refractivity contribution in [1.82, 2.24) is 5.32 Å². The van der Waals surface area contributed by atoms with E-state index in [0.717, 1.165) is 0 Å². The van der Waals surface area contributed by atoms with Crippen molar-refractivity contribution in [3.8, 4) is 0 Å². The number of amides is 2. The van der Waals surface area contributed by atoms with E-state index in [9.17, 15) is 9.59 Å². The van der Waals surface area contributed by atoms with E-state index in [2.05, 4.69) is 16.0 Å². The normalized spacial score (nSPS) is 9.76. The van der Waals surface area contributed by atoms with E-state index in [4.69, 9.17) is 16.6 Å². The Bertz CT molecular complexity index is 668. The lowest BCUT2D eigenvalue weighted by atomic mass is 10.3. The predicted octanol–water partition coefficient (Wildman–Crippen LogP) is 2.36. The first-order valence-corrected chi connectivity index (χ1v) is 6.49. The van der Waals surface area contributed by atoms with E-state index in [-0.39, 0.29) is 16.8 Å². The topological polar surface area (TPSA) is 83.4 Å². The lowest BCUT2D eigenvalue weighted by Crippen LogP contribution is -2.33. The third kappa shape index (κ3) is 4.43. The minimum Gasteiger partial charge on any atom is -0.459 e. The molecule has 21 heavy (non-hydrogen) atoms. The van der Waals surface area contributed by atoms with Crippen LogP contribution < -0.4 is 16.0 Å². The molecule has 2 rings (SSSR count). The number of anilines is 2. The third-order valence-corrected chi connectivity index (χ3v) is 2.62. The van der Waals surface area contributed by atoms with Crippen molar-refractivity contribution in [1.29, 1.82) is 0 Å².